The highest BCUT2D eigenvalue weighted by atomic mass is 32.2. The van der Waals surface area contributed by atoms with E-state index in [0.717, 1.165) is 16.4 Å². The summed E-state index contributed by atoms with van der Waals surface area (Å²) in [5.74, 6) is 0.888. The van der Waals surface area contributed by atoms with E-state index in [1.165, 1.54) is 10.9 Å². The summed E-state index contributed by atoms with van der Waals surface area (Å²) < 4.78 is 2.03. The van der Waals surface area contributed by atoms with E-state index in [-0.39, 0.29) is 0 Å². The third-order valence-corrected chi connectivity index (χ3v) is 3.96. The first-order chi connectivity index (χ1) is 8.84. The van der Waals surface area contributed by atoms with Crippen molar-refractivity contribution in [1.29, 1.82) is 0 Å². The Bertz CT molecular complexity index is 670. The molecule has 3 nitrogen and oxygen atoms in total. The SMILES string of the molecule is Cn1ccnc1SCc1cccc2cccnc12. The molecule has 0 saturated heterocycles. The van der Waals surface area contributed by atoms with E-state index < -0.39 is 0 Å². The lowest BCUT2D eigenvalue weighted by Crippen LogP contribution is -1.91. The Morgan fingerprint density at radius 1 is 1.11 bits per heavy atom. The molecule has 18 heavy (non-hydrogen) atoms. The van der Waals surface area contributed by atoms with Crippen LogP contribution in [0.4, 0.5) is 0 Å². The Labute approximate surface area is 110 Å². The second-order valence-electron chi connectivity index (χ2n) is 4.10. The van der Waals surface area contributed by atoms with Crippen LogP contribution in [0, 0.1) is 0 Å². The maximum absolute atomic E-state index is 4.46. The van der Waals surface area contributed by atoms with E-state index in [0.29, 0.717) is 0 Å². The zero-order valence-electron chi connectivity index (χ0n) is 10.1. The highest BCUT2D eigenvalue weighted by Gasteiger charge is 2.05. The first-order valence-corrected chi connectivity index (χ1v) is 6.76. The van der Waals surface area contributed by atoms with Gasteiger partial charge in [-0.1, -0.05) is 36.0 Å². The van der Waals surface area contributed by atoms with Gasteiger partial charge < -0.3 is 4.57 Å². The summed E-state index contributed by atoms with van der Waals surface area (Å²) in [7, 11) is 2.01. The van der Waals surface area contributed by atoms with Gasteiger partial charge in [-0.05, 0) is 11.6 Å². The van der Waals surface area contributed by atoms with Crippen molar-refractivity contribution in [1.82, 2.24) is 14.5 Å². The standard InChI is InChI=1S/C14H13N3S/c1-17-9-8-16-14(17)18-10-12-5-2-4-11-6-3-7-15-13(11)12/h2-9H,10H2,1H3. The third kappa shape index (κ3) is 2.11. The molecule has 0 radical (unpaired) electrons. The van der Waals surface area contributed by atoms with E-state index in [1.807, 2.05) is 36.3 Å². The second kappa shape index (κ2) is 4.82. The van der Waals surface area contributed by atoms with Crippen molar-refractivity contribution in [3.05, 3.63) is 54.5 Å². The minimum atomic E-state index is 0.888. The quantitative estimate of drug-likeness (QED) is 0.673. The van der Waals surface area contributed by atoms with Crippen molar-refractivity contribution in [3.63, 3.8) is 0 Å². The minimum Gasteiger partial charge on any atom is -0.329 e. The van der Waals surface area contributed by atoms with Gasteiger partial charge in [0, 0.05) is 36.8 Å². The van der Waals surface area contributed by atoms with E-state index in [9.17, 15) is 0 Å². The number of fused-ring (bicyclic) bond motifs is 1. The predicted octanol–water partition coefficient (Wildman–Crippen LogP) is 3.26. The van der Waals surface area contributed by atoms with Gasteiger partial charge in [-0.15, -0.1) is 0 Å². The normalized spacial score (nSPS) is 10.9. The maximum atomic E-state index is 4.46. The summed E-state index contributed by atoms with van der Waals surface area (Å²) in [4.78, 5) is 8.78. The van der Waals surface area contributed by atoms with Crippen LogP contribution in [-0.4, -0.2) is 14.5 Å². The number of thioether (sulfide) groups is 1. The summed E-state index contributed by atoms with van der Waals surface area (Å²) in [6, 6.07) is 10.4. The number of aryl methyl sites for hydroxylation is 1. The van der Waals surface area contributed by atoms with E-state index in [4.69, 9.17) is 0 Å². The molecule has 0 aliphatic rings. The van der Waals surface area contributed by atoms with Crippen molar-refractivity contribution in [2.75, 3.05) is 0 Å². The highest BCUT2D eigenvalue weighted by Crippen LogP contribution is 2.24. The summed E-state index contributed by atoms with van der Waals surface area (Å²) >= 11 is 1.73. The number of pyridine rings is 1. The lowest BCUT2D eigenvalue weighted by molar-refractivity contribution is 0.790. The molecule has 0 spiro atoms. The topological polar surface area (TPSA) is 30.7 Å². The molecule has 3 aromatic rings. The summed E-state index contributed by atoms with van der Waals surface area (Å²) in [6.07, 6.45) is 5.63. The third-order valence-electron chi connectivity index (χ3n) is 2.85. The van der Waals surface area contributed by atoms with Crippen LogP contribution in [0.2, 0.25) is 0 Å². The number of para-hydroxylation sites is 1. The zero-order valence-corrected chi connectivity index (χ0v) is 10.9. The van der Waals surface area contributed by atoms with Gasteiger partial charge in [0.2, 0.25) is 0 Å². The van der Waals surface area contributed by atoms with Crippen molar-refractivity contribution >= 4 is 22.7 Å². The Kier molecular flexibility index (Phi) is 3.02. The summed E-state index contributed by atoms with van der Waals surface area (Å²) in [5, 5.41) is 2.22. The fourth-order valence-electron chi connectivity index (χ4n) is 1.92. The molecule has 2 heterocycles. The molecule has 0 atom stereocenters. The van der Waals surface area contributed by atoms with Gasteiger partial charge in [-0.3, -0.25) is 4.98 Å². The van der Waals surface area contributed by atoms with Gasteiger partial charge in [0.15, 0.2) is 5.16 Å². The zero-order chi connectivity index (χ0) is 12.4. The van der Waals surface area contributed by atoms with Gasteiger partial charge in [0.25, 0.3) is 0 Å². The molecule has 0 aliphatic heterocycles. The van der Waals surface area contributed by atoms with Crippen LogP contribution in [0.25, 0.3) is 10.9 Å². The van der Waals surface area contributed by atoms with E-state index >= 15 is 0 Å². The number of imidazole rings is 1. The Morgan fingerprint density at radius 3 is 2.83 bits per heavy atom. The summed E-state index contributed by atoms with van der Waals surface area (Å²) in [6.45, 7) is 0. The molecule has 0 saturated carbocycles. The van der Waals surface area contributed by atoms with Gasteiger partial charge in [0.1, 0.15) is 0 Å². The number of rotatable bonds is 3. The van der Waals surface area contributed by atoms with Crippen LogP contribution in [0.1, 0.15) is 5.56 Å². The highest BCUT2D eigenvalue weighted by molar-refractivity contribution is 7.98. The van der Waals surface area contributed by atoms with Crippen molar-refractivity contribution in [2.24, 2.45) is 7.05 Å². The molecule has 2 aromatic heterocycles. The molecule has 0 fully saturated rings. The Hall–Kier alpha value is -1.81. The van der Waals surface area contributed by atoms with Crippen LogP contribution >= 0.6 is 11.8 Å². The van der Waals surface area contributed by atoms with Crippen LogP contribution in [0.5, 0.6) is 0 Å². The van der Waals surface area contributed by atoms with Crippen LogP contribution < -0.4 is 0 Å². The minimum absolute atomic E-state index is 0.888. The Balaban J connectivity index is 1.89. The predicted molar refractivity (Wildman–Crippen MR) is 74.5 cm³/mol. The van der Waals surface area contributed by atoms with Crippen LogP contribution in [-0.2, 0) is 12.8 Å². The molecule has 0 bridgehead atoms. The fourth-order valence-corrected chi connectivity index (χ4v) is 2.83. The van der Waals surface area contributed by atoms with Crippen molar-refractivity contribution in [3.8, 4) is 0 Å². The molecular formula is C14H13N3S. The van der Waals surface area contributed by atoms with Crippen LogP contribution in [0.3, 0.4) is 0 Å². The average Bonchev–Trinajstić information content (AvgIpc) is 2.82. The largest absolute Gasteiger partial charge is 0.329 e. The van der Waals surface area contributed by atoms with E-state index in [2.05, 4.69) is 34.2 Å². The number of nitrogens with zero attached hydrogens (tertiary/aromatic N) is 3. The molecular weight excluding hydrogens is 242 g/mol. The molecule has 3 rings (SSSR count). The smallest absolute Gasteiger partial charge is 0.167 e. The molecule has 1 aromatic carbocycles. The first kappa shape index (κ1) is 11.3. The van der Waals surface area contributed by atoms with Gasteiger partial charge >= 0.3 is 0 Å². The second-order valence-corrected chi connectivity index (χ2v) is 5.04. The van der Waals surface area contributed by atoms with Crippen molar-refractivity contribution < 1.29 is 0 Å². The molecule has 90 valence electrons. The van der Waals surface area contributed by atoms with Gasteiger partial charge in [-0.2, -0.15) is 0 Å². The molecule has 0 aliphatic carbocycles. The van der Waals surface area contributed by atoms with Crippen molar-refractivity contribution in [2.45, 2.75) is 10.9 Å². The maximum Gasteiger partial charge on any atom is 0.167 e. The fraction of sp³-hybridized carbons (Fsp3) is 0.143. The summed E-state index contributed by atoms with van der Waals surface area (Å²) in [5.41, 5.74) is 2.34. The van der Waals surface area contributed by atoms with Gasteiger partial charge in [0.05, 0.1) is 5.52 Å². The number of hydrogen-bond acceptors (Lipinski definition) is 3. The first-order valence-electron chi connectivity index (χ1n) is 5.77. The molecule has 0 N–H and O–H groups in total. The van der Waals surface area contributed by atoms with Gasteiger partial charge in [-0.25, -0.2) is 4.98 Å². The number of hydrogen-bond donors (Lipinski definition) is 0. The van der Waals surface area contributed by atoms with Crippen LogP contribution in [0.15, 0.2) is 54.1 Å². The average molecular weight is 255 g/mol. The molecule has 4 heteroatoms. The Morgan fingerprint density at radius 2 is 2.00 bits per heavy atom. The number of benzene rings is 1. The lowest BCUT2D eigenvalue weighted by atomic mass is 10.1. The molecule has 0 unspecified atom stereocenters. The number of aromatic nitrogens is 3. The molecule has 0 amide bonds. The van der Waals surface area contributed by atoms with E-state index in [1.54, 1.807) is 11.8 Å². The lowest BCUT2D eigenvalue weighted by Gasteiger charge is -2.05. The monoisotopic (exact) mass is 255 g/mol.